The Bertz CT molecular complexity index is 543. The quantitative estimate of drug-likeness (QED) is 0.883. The van der Waals surface area contributed by atoms with Crippen LogP contribution in [0.5, 0.6) is 0 Å². The van der Waals surface area contributed by atoms with Gasteiger partial charge in [0.2, 0.25) is 0 Å². The van der Waals surface area contributed by atoms with Crippen molar-refractivity contribution in [3.63, 3.8) is 0 Å². The maximum Gasteiger partial charge on any atom is 0.171 e. The summed E-state index contributed by atoms with van der Waals surface area (Å²) in [5.41, 5.74) is 8.42. The molecule has 5 nitrogen and oxygen atoms in total. The molecule has 3 N–H and O–H groups in total. The highest BCUT2D eigenvalue weighted by molar-refractivity contribution is 5.27. The molecule has 100 valence electrons. The Morgan fingerprint density at radius 1 is 1.37 bits per heavy atom. The summed E-state index contributed by atoms with van der Waals surface area (Å²) in [6, 6.07) is 7.82. The van der Waals surface area contributed by atoms with Crippen LogP contribution in [0.2, 0.25) is 0 Å². The van der Waals surface area contributed by atoms with Crippen LogP contribution >= 0.6 is 0 Å². The van der Waals surface area contributed by atoms with Crippen molar-refractivity contribution in [2.75, 3.05) is 6.61 Å². The number of hydrogen-bond acceptors (Lipinski definition) is 4. The Labute approximate surface area is 112 Å². The van der Waals surface area contributed by atoms with Crippen LogP contribution in [0.25, 0.3) is 0 Å². The highest BCUT2D eigenvalue weighted by Crippen LogP contribution is 2.26. The van der Waals surface area contributed by atoms with Gasteiger partial charge >= 0.3 is 0 Å². The summed E-state index contributed by atoms with van der Waals surface area (Å²) in [6.07, 6.45) is 2.12. The van der Waals surface area contributed by atoms with Gasteiger partial charge in [0.05, 0.1) is 6.04 Å². The molecule has 0 saturated carbocycles. The van der Waals surface area contributed by atoms with Gasteiger partial charge in [0, 0.05) is 6.61 Å². The summed E-state index contributed by atoms with van der Waals surface area (Å²) in [5.74, 6) is 1.41. The van der Waals surface area contributed by atoms with Gasteiger partial charge in [-0.15, -0.1) is 0 Å². The average molecular weight is 258 g/mol. The van der Waals surface area contributed by atoms with E-state index in [1.54, 1.807) is 0 Å². The molecule has 0 aliphatic carbocycles. The number of aromatic amines is 1. The molecule has 2 atom stereocenters. The van der Waals surface area contributed by atoms with E-state index in [9.17, 15) is 0 Å². The van der Waals surface area contributed by atoms with Crippen LogP contribution in [-0.4, -0.2) is 21.8 Å². The topological polar surface area (TPSA) is 76.8 Å². The lowest BCUT2D eigenvalue weighted by molar-refractivity contribution is 0.105. The molecule has 1 aliphatic rings. The Morgan fingerprint density at radius 2 is 2.16 bits per heavy atom. The van der Waals surface area contributed by atoms with E-state index in [4.69, 9.17) is 10.5 Å². The fourth-order valence-electron chi connectivity index (χ4n) is 2.29. The van der Waals surface area contributed by atoms with Crippen LogP contribution in [0.1, 0.15) is 47.8 Å². The lowest BCUT2D eigenvalue weighted by Gasteiger charge is -2.08. The Hall–Kier alpha value is -1.72. The minimum atomic E-state index is -0.299. The number of rotatable bonds is 3. The van der Waals surface area contributed by atoms with E-state index in [1.165, 1.54) is 5.56 Å². The number of benzene rings is 1. The van der Waals surface area contributed by atoms with Crippen molar-refractivity contribution < 1.29 is 4.74 Å². The molecule has 1 fully saturated rings. The predicted octanol–water partition coefficient (Wildman–Crippen LogP) is 2.01. The van der Waals surface area contributed by atoms with Gasteiger partial charge in [0.15, 0.2) is 11.6 Å². The monoisotopic (exact) mass is 258 g/mol. The SMILES string of the molecule is Cc1ccc([C@H](N)c2n[nH]c([C@@H]3CCCO3)n2)cc1. The molecule has 0 amide bonds. The van der Waals surface area contributed by atoms with Gasteiger partial charge in [0.25, 0.3) is 0 Å². The first-order chi connectivity index (χ1) is 9.24. The van der Waals surface area contributed by atoms with E-state index >= 15 is 0 Å². The fourth-order valence-corrected chi connectivity index (χ4v) is 2.29. The zero-order chi connectivity index (χ0) is 13.2. The molecule has 19 heavy (non-hydrogen) atoms. The zero-order valence-electron chi connectivity index (χ0n) is 11.0. The van der Waals surface area contributed by atoms with Gasteiger partial charge in [-0.2, -0.15) is 5.10 Å². The normalized spacial score (nSPS) is 20.6. The summed E-state index contributed by atoms with van der Waals surface area (Å²) in [7, 11) is 0. The Balaban J connectivity index is 1.79. The summed E-state index contributed by atoms with van der Waals surface area (Å²) < 4.78 is 5.58. The van der Waals surface area contributed by atoms with Crippen molar-refractivity contribution in [2.45, 2.75) is 31.9 Å². The van der Waals surface area contributed by atoms with Crippen molar-refractivity contribution in [3.05, 3.63) is 47.0 Å². The van der Waals surface area contributed by atoms with E-state index < -0.39 is 0 Å². The standard InChI is InChI=1S/C14H18N4O/c1-9-4-6-10(7-5-9)12(15)14-16-13(17-18-14)11-3-2-8-19-11/h4-7,11-12H,2-3,8,15H2,1H3,(H,16,17,18)/t11-,12-/m0/s1. The van der Waals surface area contributed by atoms with E-state index in [0.29, 0.717) is 5.82 Å². The first-order valence-corrected chi connectivity index (χ1v) is 6.60. The van der Waals surface area contributed by atoms with Crippen molar-refractivity contribution >= 4 is 0 Å². The largest absolute Gasteiger partial charge is 0.370 e. The maximum atomic E-state index is 6.19. The molecule has 1 aliphatic heterocycles. The molecular formula is C14H18N4O. The predicted molar refractivity (Wildman–Crippen MR) is 71.5 cm³/mol. The lowest BCUT2D eigenvalue weighted by Crippen LogP contribution is -2.13. The van der Waals surface area contributed by atoms with Crippen molar-refractivity contribution in [3.8, 4) is 0 Å². The molecule has 2 heterocycles. The number of ether oxygens (including phenoxy) is 1. The summed E-state index contributed by atoms with van der Waals surface area (Å²) in [6.45, 7) is 2.85. The molecular weight excluding hydrogens is 240 g/mol. The summed E-state index contributed by atoms with van der Waals surface area (Å²) in [5, 5.41) is 7.16. The molecule has 1 aromatic carbocycles. The fraction of sp³-hybridized carbons (Fsp3) is 0.429. The first kappa shape index (κ1) is 12.3. The third-order valence-electron chi connectivity index (χ3n) is 3.47. The van der Waals surface area contributed by atoms with Gasteiger partial charge in [-0.3, -0.25) is 5.10 Å². The van der Waals surface area contributed by atoms with Gasteiger partial charge in [0.1, 0.15) is 6.10 Å². The molecule has 3 rings (SSSR count). The molecule has 2 aromatic rings. The third-order valence-corrected chi connectivity index (χ3v) is 3.47. The third kappa shape index (κ3) is 2.52. The second-order valence-corrected chi connectivity index (χ2v) is 4.97. The minimum absolute atomic E-state index is 0.0477. The van der Waals surface area contributed by atoms with Crippen molar-refractivity contribution in [1.29, 1.82) is 0 Å². The first-order valence-electron chi connectivity index (χ1n) is 6.60. The van der Waals surface area contributed by atoms with Crippen molar-refractivity contribution in [2.24, 2.45) is 5.73 Å². The number of nitrogens with two attached hydrogens (primary N) is 1. The number of hydrogen-bond donors (Lipinski definition) is 2. The molecule has 5 heteroatoms. The number of H-pyrrole nitrogens is 1. The lowest BCUT2D eigenvalue weighted by atomic mass is 10.1. The smallest absolute Gasteiger partial charge is 0.171 e. The van der Waals surface area contributed by atoms with Crippen LogP contribution in [0.15, 0.2) is 24.3 Å². The van der Waals surface area contributed by atoms with Crippen molar-refractivity contribution in [1.82, 2.24) is 15.2 Å². The van der Waals surface area contributed by atoms with Gasteiger partial charge in [-0.05, 0) is 25.3 Å². The van der Waals surface area contributed by atoms with Gasteiger partial charge in [-0.1, -0.05) is 29.8 Å². The second kappa shape index (κ2) is 5.11. The van der Waals surface area contributed by atoms with Crippen LogP contribution in [0.3, 0.4) is 0 Å². The van der Waals surface area contributed by atoms with Crippen LogP contribution < -0.4 is 5.73 Å². The highest BCUT2D eigenvalue weighted by atomic mass is 16.5. The maximum absolute atomic E-state index is 6.19. The van der Waals surface area contributed by atoms with Gasteiger partial charge < -0.3 is 10.5 Å². The number of nitrogens with zero attached hydrogens (tertiary/aromatic N) is 2. The molecule has 0 unspecified atom stereocenters. The van der Waals surface area contributed by atoms with E-state index in [1.807, 2.05) is 24.3 Å². The average Bonchev–Trinajstić information content (AvgIpc) is 3.10. The summed E-state index contributed by atoms with van der Waals surface area (Å²) in [4.78, 5) is 4.47. The van der Waals surface area contributed by atoms with Crippen LogP contribution in [0.4, 0.5) is 0 Å². The number of aromatic nitrogens is 3. The Kier molecular flexibility index (Phi) is 3.31. The highest BCUT2D eigenvalue weighted by Gasteiger charge is 2.23. The van der Waals surface area contributed by atoms with Crippen LogP contribution in [0, 0.1) is 6.92 Å². The molecule has 0 radical (unpaired) electrons. The molecule has 0 spiro atoms. The number of nitrogens with one attached hydrogen (secondary N) is 1. The summed E-state index contributed by atoms with van der Waals surface area (Å²) >= 11 is 0. The molecule has 1 aromatic heterocycles. The van der Waals surface area contributed by atoms with E-state index in [0.717, 1.165) is 30.8 Å². The zero-order valence-corrected chi connectivity index (χ0v) is 11.0. The number of aryl methyl sites for hydroxylation is 1. The van der Waals surface area contributed by atoms with E-state index in [-0.39, 0.29) is 12.1 Å². The second-order valence-electron chi connectivity index (χ2n) is 4.97. The Morgan fingerprint density at radius 3 is 2.84 bits per heavy atom. The van der Waals surface area contributed by atoms with Gasteiger partial charge in [-0.25, -0.2) is 4.98 Å². The molecule has 0 bridgehead atoms. The molecule has 1 saturated heterocycles. The minimum Gasteiger partial charge on any atom is -0.370 e. The van der Waals surface area contributed by atoms with Crippen LogP contribution in [-0.2, 0) is 4.74 Å². The van der Waals surface area contributed by atoms with E-state index in [2.05, 4.69) is 22.1 Å².